The van der Waals surface area contributed by atoms with E-state index in [0.29, 0.717) is 0 Å². The molecule has 4 nitrogen and oxygen atoms in total. The van der Waals surface area contributed by atoms with Gasteiger partial charge < -0.3 is 15.2 Å². The topological polar surface area (TPSA) is 50.4 Å². The number of anilines is 2. The van der Waals surface area contributed by atoms with E-state index in [-0.39, 0.29) is 13.6 Å². The molecule has 0 atom stereocenters. The molecule has 0 saturated carbocycles. The molecule has 1 aliphatic heterocycles. The molecule has 1 aliphatic rings. The lowest BCUT2D eigenvalue weighted by Crippen LogP contribution is -2.47. The molecule has 122 valence electrons. The minimum atomic E-state index is -0.413. The zero-order valence-electron chi connectivity index (χ0n) is 13.7. The van der Waals surface area contributed by atoms with Crippen LogP contribution in [0.3, 0.4) is 0 Å². The van der Waals surface area contributed by atoms with Gasteiger partial charge in [-0.2, -0.15) is 0 Å². The van der Waals surface area contributed by atoms with Crippen molar-refractivity contribution in [1.29, 1.82) is 0 Å². The Morgan fingerprint density at radius 3 is 2.24 bits per heavy atom. The Labute approximate surface area is 146 Å². The molecule has 0 unspecified atom stereocenters. The minimum absolute atomic E-state index is 0.00900. The van der Waals surface area contributed by atoms with Gasteiger partial charge in [0.25, 0.3) is 0 Å². The molecule has 0 spiro atoms. The summed E-state index contributed by atoms with van der Waals surface area (Å²) in [5.41, 5.74) is 4.31. The van der Waals surface area contributed by atoms with Crippen molar-refractivity contribution in [3.05, 3.63) is 78.9 Å². The first-order chi connectivity index (χ1) is 12.2. The van der Waals surface area contributed by atoms with Crippen molar-refractivity contribution < 1.29 is 9.53 Å². The summed E-state index contributed by atoms with van der Waals surface area (Å²) < 4.78 is 5.06. The predicted octanol–water partition coefficient (Wildman–Crippen LogP) is 3.30. The molecule has 0 saturated heterocycles. The van der Waals surface area contributed by atoms with Crippen molar-refractivity contribution in [3.63, 3.8) is 0 Å². The van der Waals surface area contributed by atoms with Crippen LogP contribution in [-0.4, -0.2) is 13.0 Å². The van der Waals surface area contributed by atoms with Crippen LogP contribution in [0, 0.1) is 0 Å². The van der Waals surface area contributed by atoms with Gasteiger partial charge in [0.1, 0.15) is 6.61 Å². The fourth-order valence-electron chi connectivity index (χ4n) is 3.12. The van der Waals surface area contributed by atoms with Gasteiger partial charge in [-0.3, -0.25) is 0 Å². The molecule has 2 N–H and O–H groups in total. The van der Waals surface area contributed by atoms with Gasteiger partial charge in [-0.1, -0.05) is 55.1 Å². The number of nitrogens with one attached hydrogen (secondary N) is 2. The van der Waals surface area contributed by atoms with E-state index in [1.54, 1.807) is 0 Å². The Kier molecular flexibility index (Phi) is 3.90. The molecule has 1 heterocycles. The molecule has 4 rings (SSSR count). The summed E-state index contributed by atoms with van der Waals surface area (Å²) >= 11 is 0. The second kappa shape index (κ2) is 6.36. The molecule has 3 aromatic rings. The first kappa shape index (κ1) is 15.3. The maximum atomic E-state index is 11.1. The second-order valence-electron chi connectivity index (χ2n) is 5.98. The maximum absolute atomic E-state index is 11.1. The van der Waals surface area contributed by atoms with Crippen molar-refractivity contribution in [1.82, 2.24) is 0 Å². The Morgan fingerprint density at radius 2 is 1.64 bits per heavy atom. The first-order valence-electron chi connectivity index (χ1n) is 8.17. The molecular formula is C20H17BN2O2. The molecule has 0 bridgehead atoms. The predicted molar refractivity (Wildman–Crippen MR) is 103 cm³/mol. The van der Waals surface area contributed by atoms with Crippen molar-refractivity contribution in [3.8, 4) is 0 Å². The zero-order valence-corrected chi connectivity index (χ0v) is 13.7. The third kappa shape index (κ3) is 2.96. The monoisotopic (exact) mass is 328 g/mol. The Bertz CT molecular complexity index is 913. The smallest absolute Gasteiger partial charge is 0.406 e. The van der Waals surface area contributed by atoms with Crippen molar-refractivity contribution in [2.24, 2.45) is 0 Å². The van der Waals surface area contributed by atoms with Crippen LogP contribution in [0.2, 0.25) is 0 Å². The first-order valence-corrected chi connectivity index (χ1v) is 8.17. The number of carbonyl (C=O) groups is 1. The van der Waals surface area contributed by atoms with Crippen molar-refractivity contribution in [2.45, 2.75) is 6.61 Å². The lowest BCUT2D eigenvalue weighted by molar-refractivity contribution is -0.138. The van der Waals surface area contributed by atoms with E-state index in [2.05, 4.69) is 53.4 Å². The fraction of sp³-hybridized carbons (Fsp3) is 0.0500. The molecule has 25 heavy (non-hydrogen) atoms. The number of esters is 1. The van der Waals surface area contributed by atoms with Crippen LogP contribution >= 0.6 is 0 Å². The van der Waals surface area contributed by atoms with Gasteiger partial charge in [-0.25, -0.2) is 4.79 Å². The Hall–Kier alpha value is -3.21. The van der Waals surface area contributed by atoms with E-state index in [0.717, 1.165) is 22.4 Å². The van der Waals surface area contributed by atoms with Gasteiger partial charge >= 0.3 is 13.0 Å². The SMILES string of the molecule is C=CC(=O)OCc1ccc(B2Nc3cccc4cccc(c34)N2)cc1. The van der Waals surface area contributed by atoms with E-state index in [9.17, 15) is 4.79 Å². The minimum Gasteiger partial charge on any atom is -0.458 e. The van der Waals surface area contributed by atoms with E-state index >= 15 is 0 Å². The van der Waals surface area contributed by atoms with Crippen molar-refractivity contribution >= 4 is 40.6 Å². The zero-order chi connectivity index (χ0) is 17.2. The summed E-state index contributed by atoms with van der Waals surface area (Å²) in [7, 11) is 0. The summed E-state index contributed by atoms with van der Waals surface area (Å²) in [6.45, 7) is 3.63. The fourth-order valence-corrected chi connectivity index (χ4v) is 3.12. The second-order valence-corrected chi connectivity index (χ2v) is 5.98. The molecule has 3 aromatic carbocycles. The summed E-state index contributed by atoms with van der Waals surface area (Å²) in [5.74, 6) is -0.413. The average Bonchev–Trinajstić information content (AvgIpc) is 2.67. The van der Waals surface area contributed by atoms with Gasteiger partial charge in [0, 0.05) is 22.8 Å². The van der Waals surface area contributed by atoms with Crippen LogP contribution in [0.4, 0.5) is 11.4 Å². The third-order valence-electron chi connectivity index (χ3n) is 4.37. The average molecular weight is 328 g/mol. The molecular weight excluding hydrogens is 311 g/mol. The molecule has 0 radical (unpaired) electrons. The van der Waals surface area contributed by atoms with E-state index in [1.807, 2.05) is 24.3 Å². The van der Waals surface area contributed by atoms with Gasteiger partial charge in [0.2, 0.25) is 0 Å². The highest BCUT2D eigenvalue weighted by molar-refractivity contribution is 6.80. The standard InChI is InChI=1S/C20H17BN2O2/c1-2-19(24)25-13-14-9-11-16(12-10-14)21-22-17-7-3-5-15-6-4-8-18(23-21)20(15)17/h2-12,22-23H,1,13H2. The molecule has 0 aliphatic carbocycles. The van der Waals surface area contributed by atoms with E-state index in [1.165, 1.54) is 16.8 Å². The maximum Gasteiger partial charge on any atom is 0.406 e. The largest absolute Gasteiger partial charge is 0.458 e. The van der Waals surface area contributed by atoms with Crippen LogP contribution in [0.1, 0.15) is 5.56 Å². The third-order valence-corrected chi connectivity index (χ3v) is 4.37. The van der Waals surface area contributed by atoms with Gasteiger partial charge in [-0.15, -0.1) is 0 Å². The lowest BCUT2D eigenvalue weighted by atomic mass is 9.66. The number of carbonyl (C=O) groups excluding carboxylic acids is 1. The van der Waals surface area contributed by atoms with Crippen LogP contribution in [0.25, 0.3) is 10.8 Å². The van der Waals surface area contributed by atoms with Gasteiger partial charge in [0.15, 0.2) is 0 Å². The quantitative estimate of drug-likeness (QED) is 0.438. The summed E-state index contributed by atoms with van der Waals surface area (Å²) in [5, 5.41) is 9.53. The van der Waals surface area contributed by atoms with Crippen molar-refractivity contribution in [2.75, 3.05) is 10.5 Å². The van der Waals surface area contributed by atoms with Gasteiger partial charge in [0.05, 0.1) is 0 Å². The van der Waals surface area contributed by atoms with E-state index in [4.69, 9.17) is 4.74 Å². The normalized spacial score (nSPS) is 12.2. The number of hydrogen-bond acceptors (Lipinski definition) is 4. The highest BCUT2D eigenvalue weighted by Crippen LogP contribution is 2.33. The van der Waals surface area contributed by atoms with Crippen LogP contribution in [-0.2, 0) is 16.1 Å². The molecule has 0 fully saturated rings. The van der Waals surface area contributed by atoms with Crippen LogP contribution in [0.5, 0.6) is 0 Å². The highest BCUT2D eigenvalue weighted by atomic mass is 16.5. The summed E-state index contributed by atoms with van der Waals surface area (Å²) in [6.07, 6.45) is 1.17. The van der Waals surface area contributed by atoms with Gasteiger partial charge in [-0.05, 0) is 28.5 Å². The number of ether oxygens (including phenoxy) is 1. The Morgan fingerprint density at radius 1 is 1.00 bits per heavy atom. The Balaban J connectivity index is 1.55. The van der Waals surface area contributed by atoms with Crippen LogP contribution < -0.4 is 15.9 Å². The summed E-state index contributed by atoms with van der Waals surface area (Å²) in [6, 6.07) is 20.6. The van der Waals surface area contributed by atoms with Crippen LogP contribution in [0.15, 0.2) is 73.3 Å². The molecule has 5 heteroatoms. The molecule has 0 aromatic heterocycles. The summed E-state index contributed by atoms with van der Waals surface area (Å²) in [4.78, 5) is 11.1. The van der Waals surface area contributed by atoms with E-state index < -0.39 is 5.97 Å². The lowest BCUT2D eigenvalue weighted by Gasteiger charge is -2.26. The number of rotatable bonds is 4. The number of benzene rings is 3. The highest BCUT2D eigenvalue weighted by Gasteiger charge is 2.25. The molecule has 0 amide bonds. The number of hydrogen-bond donors (Lipinski definition) is 2.